The monoisotopic (exact) mass is 255 g/mol. The van der Waals surface area contributed by atoms with Gasteiger partial charge < -0.3 is 5.73 Å². The van der Waals surface area contributed by atoms with Gasteiger partial charge in [-0.2, -0.15) is 13.2 Å². The van der Waals surface area contributed by atoms with Crippen LogP contribution in [-0.2, 0) is 6.18 Å². The number of hydrogen-bond acceptors (Lipinski definition) is 1. The first kappa shape index (κ1) is 13.3. The molecular weight excluding hydrogens is 246 g/mol. The molecule has 0 saturated heterocycles. The van der Waals surface area contributed by atoms with Crippen molar-refractivity contribution in [3.63, 3.8) is 0 Å². The molecule has 0 saturated carbocycles. The Hall–Kier alpha value is -0.810. The van der Waals surface area contributed by atoms with E-state index < -0.39 is 24.5 Å². The highest BCUT2D eigenvalue weighted by molar-refractivity contribution is 6.31. The van der Waals surface area contributed by atoms with Crippen LogP contribution >= 0.6 is 11.6 Å². The SMILES string of the molecule is N[C@@H](CCF)c1cc(C(F)(F)F)ccc1Cl. The molecule has 0 aliphatic heterocycles. The van der Waals surface area contributed by atoms with E-state index in [1.165, 1.54) is 0 Å². The molecule has 0 aliphatic carbocycles. The number of alkyl halides is 4. The maximum atomic E-state index is 12.4. The van der Waals surface area contributed by atoms with Crippen molar-refractivity contribution in [3.8, 4) is 0 Å². The summed E-state index contributed by atoms with van der Waals surface area (Å²) < 4.78 is 49.2. The summed E-state index contributed by atoms with van der Waals surface area (Å²) in [7, 11) is 0. The van der Waals surface area contributed by atoms with Gasteiger partial charge in [0.1, 0.15) is 0 Å². The van der Waals surface area contributed by atoms with Crippen molar-refractivity contribution in [1.82, 2.24) is 0 Å². The Balaban J connectivity index is 3.09. The first-order valence-electron chi connectivity index (χ1n) is 4.54. The third-order valence-corrected chi connectivity index (χ3v) is 2.49. The Morgan fingerprint density at radius 1 is 1.31 bits per heavy atom. The molecule has 1 rings (SSSR count). The predicted molar refractivity (Wildman–Crippen MR) is 54.0 cm³/mol. The van der Waals surface area contributed by atoms with Crippen LogP contribution in [0.3, 0.4) is 0 Å². The topological polar surface area (TPSA) is 26.0 Å². The van der Waals surface area contributed by atoms with E-state index >= 15 is 0 Å². The van der Waals surface area contributed by atoms with E-state index in [0.717, 1.165) is 18.2 Å². The highest BCUT2D eigenvalue weighted by atomic mass is 35.5. The largest absolute Gasteiger partial charge is 0.416 e. The first-order valence-corrected chi connectivity index (χ1v) is 4.92. The maximum Gasteiger partial charge on any atom is 0.416 e. The second-order valence-corrected chi connectivity index (χ2v) is 3.73. The minimum absolute atomic E-state index is 0.0545. The van der Waals surface area contributed by atoms with E-state index in [2.05, 4.69) is 0 Å². The zero-order chi connectivity index (χ0) is 12.3. The summed E-state index contributed by atoms with van der Waals surface area (Å²) in [6, 6.07) is 2.04. The Morgan fingerprint density at radius 2 is 1.94 bits per heavy atom. The zero-order valence-corrected chi connectivity index (χ0v) is 8.95. The molecule has 0 aromatic heterocycles. The molecule has 0 unspecified atom stereocenters. The lowest BCUT2D eigenvalue weighted by Gasteiger charge is -2.14. The van der Waals surface area contributed by atoms with E-state index in [1.807, 2.05) is 0 Å². The number of hydrogen-bond donors (Lipinski definition) is 1. The van der Waals surface area contributed by atoms with E-state index in [9.17, 15) is 17.6 Å². The third kappa shape index (κ3) is 3.09. The van der Waals surface area contributed by atoms with Crippen LogP contribution < -0.4 is 5.73 Å². The first-order chi connectivity index (χ1) is 7.36. The van der Waals surface area contributed by atoms with Crippen LogP contribution in [0.1, 0.15) is 23.6 Å². The van der Waals surface area contributed by atoms with Crippen LogP contribution in [0.4, 0.5) is 17.6 Å². The van der Waals surface area contributed by atoms with Crippen LogP contribution in [-0.4, -0.2) is 6.67 Å². The zero-order valence-electron chi connectivity index (χ0n) is 8.19. The average Bonchev–Trinajstić information content (AvgIpc) is 2.16. The molecule has 1 aromatic carbocycles. The van der Waals surface area contributed by atoms with E-state index in [4.69, 9.17) is 17.3 Å². The van der Waals surface area contributed by atoms with Gasteiger partial charge in [0.15, 0.2) is 0 Å². The summed E-state index contributed by atoms with van der Waals surface area (Å²) in [6.45, 7) is -0.701. The van der Waals surface area contributed by atoms with Gasteiger partial charge in [-0.15, -0.1) is 0 Å². The second kappa shape index (κ2) is 5.01. The summed E-state index contributed by atoms with van der Waals surface area (Å²) in [4.78, 5) is 0. The van der Waals surface area contributed by atoms with Gasteiger partial charge in [0.05, 0.1) is 12.2 Å². The normalized spacial score (nSPS) is 13.9. The minimum Gasteiger partial charge on any atom is -0.324 e. The van der Waals surface area contributed by atoms with Gasteiger partial charge >= 0.3 is 6.18 Å². The average molecular weight is 256 g/mol. The van der Waals surface area contributed by atoms with Crippen LogP contribution in [0.15, 0.2) is 18.2 Å². The highest BCUT2D eigenvalue weighted by Gasteiger charge is 2.31. The molecule has 1 nitrogen and oxygen atoms in total. The fourth-order valence-corrected chi connectivity index (χ4v) is 1.53. The van der Waals surface area contributed by atoms with Crippen LogP contribution in [0.5, 0.6) is 0 Å². The summed E-state index contributed by atoms with van der Waals surface area (Å²) in [5.41, 5.74) is 4.81. The van der Waals surface area contributed by atoms with Gasteiger partial charge in [-0.25, -0.2) is 0 Å². The van der Waals surface area contributed by atoms with Crippen molar-refractivity contribution < 1.29 is 17.6 Å². The van der Waals surface area contributed by atoms with Gasteiger partial charge in [0.25, 0.3) is 0 Å². The van der Waals surface area contributed by atoms with Crippen molar-refractivity contribution in [2.45, 2.75) is 18.6 Å². The molecule has 0 spiro atoms. The maximum absolute atomic E-state index is 12.4. The summed E-state index contributed by atoms with van der Waals surface area (Å²) in [5.74, 6) is 0. The van der Waals surface area contributed by atoms with E-state index in [1.54, 1.807) is 0 Å². The lowest BCUT2D eigenvalue weighted by molar-refractivity contribution is -0.137. The molecule has 0 heterocycles. The fourth-order valence-electron chi connectivity index (χ4n) is 1.28. The molecule has 0 amide bonds. The molecule has 1 aromatic rings. The van der Waals surface area contributed by atoms with Gasteiger partial charge in [-0.05, 0) is 30.2 Å². The standard InChI is InChI=1S/C10H10ClF4N/c11-8-2-1-6(10(13,14)15)5-7(8)9(16)3-4-12/h1-2,5,9H,3-4,16H2/t9-/m0/s1. The molecule has 0 aliphatic rings. The molecular formula is C10H10ClF4N. The van der Waals surface area contributed by atoms with Gasteiger partial charge in [0.2, 0.25) is 0 Å². The second-order valence-electron chi connectivity index (χ2n) is 3.32. The Morgan fingerprint density at radius 3 is 2.44 bits per heavy atom. The molecule has 6 heteroatoms. The third-order valence-electron chi connectivity index (χ3n) is 2.14. The van der Waals surface area contributed by atoms with Crippen molar-refractivity contribution >= 4 is 11.6 Å². The molecule has 2 N–H and O–H groups in total. The molecule has 0 fully saturated rings. The summed E-state index contributed by atoms with van der Waals surface area (Å²) >= 11 is 5.71. The minimum atomic E-state index is -4.45. The molecule has 90 valence electrons. The quantitative estimate of drug-likeness (QED) is 0.819. The molecule has 0 bridgehead atoms. The molecule has 0 radical (unpaired) electrons. The Labute approximate surface area is 95.2 Å². The van der Waals surface area contributed by atoms with Gasteiger partial charge in [0, 0.05) is 11.1 Å². The number of halogens is 5. The van der Waals surface area contributed by atoms with Gasteiger partial charge in [-0.1, -0.05) is 11.6 Å². The lowest BCUT2D eigenvalue weighted by Crippen LogP contribution is -2.13. The highest BCUT2D eigenvalue weighted by Crippen LogP contribution is 2.33. The van der Waals surface area contributed by atoms with Crippen LogP contribution in [0.2, 0.25) is 5.02 Å². The number of nitrogens with two attached hydrogens (primary N) is 1. The number of benzene rings is 1. The van der Waals surface area contributed by atoms with E-state index in [0.29, 0.717) is 0 Å². The smallest absolute Gasteiger partial charge is 0.324 e. The van der Waals surface area contributed by atoms with Crippen molar-refractivity contribution in [1.29, 1.82) is 0 Å². The van der Waals surface area contributed by atoms with Crippen molar-refractivity contribution in [2.75, 3.05) is 6.67 Å². The summed E-state index contributed by atoms with van der Waals surface area (Å²) in [5, 5.41) is 0.119. The predicted octanol–water partition coefficient (Wildman–Crippen LogP) is 3.72. The molecule has 16 heavy (non-hydrogen) atoms. The van der Waals surface area contributed by atoms with Crippen LogP contribution in [0.25, 0.3) is 0 Å². The van der Waals surface area contributed by atoms with Crippen molar-refractivity contribution in [3.05, 3.63) is 34.3 Å². The Bertz CT molecular complexity index is 364. The van der Waals surface area contributed by atoms with Crippen molar-refractivity contribution in [2.24, 2.45) is 5.73 Å². The van der Waals surface area contributed by atoms with E-state index in [-0.39, 0.29) is 17.0 Å². The molecule has 1 atom stereocenters. The van der Waals surface area contributed by atoms with Crippen LogP contribution in [0, 0.1) is 0 Å². The van der Waals surface area contributed by atoms with Gasteiger partial charge in [-0.3, -0.25) is 4.39 Å². The Kier molecular flexibility index (Phi) is 4.15. The fraction of sp³-hybridized carbons (Fsp3) is 0.400. The number of rotatable bonds is 3. The lowest BCUT2D eigenvalue weighted by atomic mass is 10.0. The summed E-state index contributed by atoms with van der Waals surface area (Å²) in [6.07, 6.45) is -4.50.